The fraction of sp³-hybridized carbons (Fsp3) is 0.556. The van der Waals surface area contributed by atoms with Crippen molar-refractivity contribution in [2.45, 2.75) is 90.2 Å². The summed E-state index contributed by atoms with van der Waals surface area (Å²) in [7, 11) is 0. The molecular formula is C27H39NO4. The Hall–Kier alpha value is -2.56. The third-order valence-corrected chi connectivity index (χ3v) is 5.74. The molecule has 32 heavy (non-hydrogen) atoms. The van der Waals surface area contributed by atoms with E-state index in [4.69, 9.17) is 9.47 Å². The molecule has 1 saturated carbocycles. The first-order chi connectivity index (χ1) is 15.5. The molecule has 0 bridgehead atoms. The van der Waals surface area contributed by atoms with Gasteiger partial charge in [-0.3, -0.25) is 4.79 Å². The first-order valence-corrected chi connectivity index (χ1v) is 12.1. The first kappa shape index (κ1) is 25.7. The van der Waals surface area contributed by atoms with Crippen LogP contribution in [-0.2, 0) is 14.3 Å². The van der Waals surface area contributed by atoms with Crippen LogP contribution in [0.25, 0.3) is 6.08 Å². The monoisotopic (exact) mass is 441 g/mol. The number of rotatable bonds is 13. The van der Waals surface area contributed by atoms with Crippen LogP contribution in [0.4, 0.5) is 0 Å². The SMILES string of the molecule is C=C(C)C(=O)NC1CCC(OC(=O)/C=C/c2ccc(OCCCCCCCC)cc2)CC1. The van der Waals surface area contributed by atoms with E-state index in [1.165, 1.54) is 38.2 Å². The zero-order valence-corrected chi connectivity index (χ0v) is 19.7. The molecule has 176 valence electrons. The lowest BCUT2D eigenvalue weighted by Crippen LogP contribution is -2.39. The molecule has 1 aliphatic carbocycles. The molecule has 5 nitrogen and oxygen atoms in total. The molecule has 1 aromatic rings. The van der Waals surface area contributed by atoms with Gasteiger partial charge in [-0.1, -0.05) is 57.7 Å². The van der Waals surface area contributed by atoms with Gasteiger partial charge in [0.2, 0.25) is 5.91 Å². The Morgan fingerprint density at radius 3 is 2.34 bits per heavy atom. The van der Waals surface area contributed by atoms with Crippen molar-refractivity contribution in [3.8, 4) is 5.75 Å². The molecule has 0 unspecified atom stereocenters. The normalized spacial score (nSPS) is 18.3. The van der Waals surface area contributed by atoms with Crippen molar-refractivity contribution in [3.63, 3.8) is 0 Å². The Morgan fingerprint density at radius 1 is 1.03 bits per heavy atom. The second-order valence-electron chi connectivity index (χ2n) is 8.68. The van der Waals surface area contributed by atoms with Crippen molar-refractivity contribution in [3.05, 3.63) is 48.1 Å². The Kier molecular flexibility index (Phi) is 11.6. The highest BCUT2D eigenvalue weighted by Gasteiger charge is 2.24. The van der Waals surface area contributed by atoms with Crippen LogP contribution >= 0.6 is 0 Å². The topological polar surface area (TPSA) is 64.6 Å². The number of hydrogen-bond donors (Lipinski definition) is 1. The van der Waals surface area contributed by atoms with Gasteiger partial charge in [-0.05, 0) is 62.8 Å². The maximum absolute atomic E-state index is 12.2. The molecule has 1 aliphatic rings. The van der Waals surface area contributed by atoms with Crippen molar-refractivity contribution in [2.75, 3.05) is 6.61 Å². The highest BCUT2D eigenvalue weighted by atomic mass is 16.5. The van der Waals surface area contributed by atoms with E-state index in [0.717, 1.165) is 50.0 Å². The summed E-state index contributed by atoms with van der Waals surface area (Å²) < 4.78 is 11.3. The largest absolute Gasteiger partial charge is 0.494 e. The number of ether oxygens (including phenoxy) is 2. The fourth-order valence-electron chi connectivity index (χ4n) is 3.75. The number of hydrogen-bond acceptors (Lipinski definition) is 4. The standard InChI is InChI=1S/C27H39NO4/c1-4-5-6-7-8-9-20-31-24-15-10-22(11-16-24)12-19-26(29)32-25-17-13-23(14-18-25)28-27(30)21(2)3/h10-12,15-16,19,23,25H,2,4-9,13-14,17-18,20H2,1,3H3,(H,28,30)/b19-12+. The van der Waals surface area contributed by atoms with Crippen LogP contribution in [0, 0.1) is 0 Å². The number of nitrogens with one attached hydrogen (secondary N) is 1. The summed E-state index contributed by atoms with van der Waals surface area (Å²) in [5, 5.41) is 2.97. The zero-order chi connectivity index (χ0) is 23.2. The first-order valence-electron chi connectivity index (χ1n) is 12.1. The van der Waals surface area contributed by atoms with E-state index in [1.54, 1.807) is 13.0 Å². The van der Waals surface area contributed by atoms with E-state index < -0.39 is 0 Å². The van der Waals surface area contributed by atoms with E-state index in [2.05, 4.69) is 18.8 Å². The molecule has 0 spiro atoms. The molecule has 0 radical (unpaired) electrons. The lowest BCUT2D eigenvalue weighted by molar-refractivity contribution is -0.144. The van der Waals surface area contributed by atoms with Gasteiger partial charge in [0.15, 0.2) is 0 Å². The third-order valence-electron chi connectivity index (χ3n) is 5.74. The quantitative estimate of drug-likeness (QED) is 0.232. The van der Waals surface area contributed by atoms with Crippen LogP contribution in [0.1, 0.15) is 83.6 Å². The lowest BCUT2D eigenvalue weighted by atomic mass is 9.92. The van der Waals surface area contributed by atoms with Gasteiger partial charge in [-0.15, -0.1) is 0 Å². The minimum Gasteiger partial charge on any atom is -0.494 e. The van der Waals surface area contributed by atoms with Gasteiger partial charge in [0.05, 0.1) is 6.61 Å². The molecule has 0 saturated heterocycles. The molecule has 0 aliphatic heterocycles. The average Bonchev–Trinajstić information content (AvgIpc) is 2.79. The summed E-state index contributed by atoms with van der Waals surface area (Å²) in [6.45, 7) is 8.33. The van der Waals surface area contributed by atoms with Crippen molar-refractivity contribution in [1.82, 2.24) is 5.32 Å². The van der Waals surface area contributed by atoms with E-state index in [0.29, 0.717) is 5.57 Å². The van der Waals surface area contributed by atoms with Gasteiger partial charge >= 0.3 is 5.97 Å². The molecule has 5 heteroatoms. The molecule has 1 amide bonds. The maximum atomic E-state index is 12.2. The van der Waals surface area contributed by atoms with E-state index in [-0.39, 0.29) is 24.0 Å². The summed E-state index contributed by atoms with van der Waals surface area (Å²) in [6.07, 6.45) is 13.7. The molecule has 0 atom stereocenters. The van der Waals surface area contributed by atoms with Gasteiger partial charge in [0.25, 0.3) is 0 Å². The Labute approximate surface area is 193 Å². The molecule has 2 rings (SSSR count). The lowest BCUT2D eigenvalue weighted by Gasteiger charge is -2.28. The Morgan fingerprint density at radius 2 is 1.69 bits per heavy atom. The fourth-order valence-corrected chi connectivity index (χ4v) is 3.75. The molecule has 1 aromatic carbocycles. The van der Waals surface area contributed by atoms with Crippen LogP contribution in [0.5, 0.6) is 5.75 Å². The van der Waals surface area contributed by atoms with Crippen LogP contribution in [0.3, 0.4) is 0 Å². The van der Waals surface area contributed by atoms with Crippen LogP contribution in [-0.4, -0.2) is 30.6 Å². The summed E-state index contributed by atoms with van der Waals surface area (Å²) in [4.78, 5) is 23.9. The molecule has 1 N–H and O–H groups in total. The number of carbonyl (C=O) groups excluding carboxylic acids is 2. The minimum atomic E-state index is -0.331. The van der Waals surface area contributed by atoms with Crippen molar-refractivity contribution >= 4 is 18.0 Å². The van der Waals surface area contributed by atoms with Crippen molar-refractivity contribution in [2.24, 2.45) is 0 Å². The number of benzene rings is 1. The zero-order valence-electron chi connectivity index (χ0n) is 19.7. The second kappa shape index (κ2) is 14.5. The van der Waals surface area contributed by atoms with Gasteiger partial charge in [0, 0.05) is 17.7 Å². The number of esters is 1. The highest BCUT2D eigenvalue weighted by Crippen LogP contribution is 2.22. The third kappa shape index (κ3) is 10.2. The van der Waals surface area contributed by atoms with Crippen LogP contribution in [0.15, 0.2) is 42.5 Å². The molecular weight excluding hydrogens is 402 g/mol. The predicted molar refractivity (Wildman–Crippen MR) is 129 cm³/mol. The van der Waals surface area contributed by atoms with E-state index in [1.807, 2.05) is 24.3 Å². The van der Waals surface area contributed by atoms with Crippen LogP contribution in [0.2, 0.25) is 0 Å². The second-order valence-corrected chi connectivity index (χ2v) is 8.68. The minimum absolute atomic E-state index is 0.0946. The summed E-state index contributed by atoms with van der Waals surface area (Å²) in [6, 6.07) is 7.88. The smallest absolute Gasteiger partial charge is 0.331 e. The predicted octanol–water partition coefficient (Wildman–Crippen LogP) is 5.99. The maximum Gasteiger partial charge on any atom is 0.331 e. The molecule has 0 heterocycles. The highest BCUT2D eigenvalue weighted by molar-refractivity contribution is 5.92. The molecule has 0 aromatic heterocycles. The number of unbranched alkanes of at least 4 members (excludes halogenated alkanes) is 5. The van der Waals surface area contributed by atoms with Gasteiger partial charge in [0.1, 0.15) is 11.9 Å². The Bertz CT molecular complexity index is 745. The van der Waals surface area contributed by atoms with E-state index >= 15 is 0 Å². The van der Waals surface area contributed by atoms with Gasteiger partial charge in [-0.2, -0.15) is 0 Å². The number of amides is 1. The average molecular weight is 442 g/mol. The number of carbonyl (C=O) groups is 2. The van der Waals surface area contributed by atoms with Gasteiger partial charge < -0.3 is 14.8 Å². The summed E-state index contributed by atoms with van der Waals surface area (Å²) in [5.74, 6) is 0.420. The van der Waals surface area contributed by atoms with Crippen molar-refractivity contribution < 1.29 is 19.1 Å². The van der Waals surface area contributed by atoms with E-state index in [9.17, 15) is 9.59 Å². The summed E-state index contributed by atoms with van der Waals surface area (Å²) in [5.41, 5.74) is 1.45. The molecule has 1 fully saturated rings. The Balaban J connectivity index is 1.64. The van der Waals surface area contributed by atoms with Crippen molar-refractivity contribution in [1.29, 1.82) is 0 Å². The summed E-state index contributed by atoms with van der Waals surface area (Å²) >= 11 is 0. The van der Waals surface area contributed by atoms with Crippen LogP contribution < -0.4 is 10.1 Å². The van der Waals surface area contributed by atoms with Gasteiger partial charge in [-0.25, -0.2) is 4.79 Å².